The van der Waals surface area contributed by atoms with Gasteiger partial charge < -0.3 is 20.1 Å². The molecule has 0 aliphatic carbocycles. The first kappa shape index (κ1) is 19.5. The fourth-order valence-corrected chi connectivity index (χ4v) is 3.54. The van der Waals surface area contributed by atoms with Gasteiger partial charge in [0.25, 0.3) is 5.91 Å². The van der Waals surface area contributed by atoms with Crippen molar-refractivity contribution in [2.24, 2.45) is 0 Å². The van der Waals surface area contributed by atoms with Gasteiger partial charge in [0.15, 0.2) is 0 Å². The Balaban J connectivity index is 1.22. The molecule has 2 aromatic rings. The van der Waals surface area contributed by atoms with Crippen LogP contribution < -0.4 is 15.4 Å². The number of carbonyl (C=O) groups excluding carboxylic acids is 1. The van der Waals surface area contributed by atoms with E-state index in [9.17, 15) is 4.79 Å². The number of nitrogens with zero attached hydrogens (tertiary/aromatic N) is 1. The highest BCUT2D eigenvalue weighted by Gasteiger charge is 2.23. The van der Waals surface area contributed by atoms with Crippen molar-refractivity contribution in [2.45, 2.75) is 12.8 Å². The standard InChI is InChI=1S/C23H27N3O3/c27-23-21(20-5-1-2-6-22(20)25-23)17-24-18-7-9-19(10-8-18)29-14-4-3-11-26-12-15-28-16-13-26/h1-2,5-10,17,24H,3-4,11-16H2,(H,25,27)/b21-17+. The first-order valence-corrected chi connectivity index (χ1v) is 10.2. The van der Waals surface area contributed by atoms with Crippen molar-refractivity contribution in [1.29, 1.82) is 0 Å². The Kier molecular flexibility index (Phi) is 6.44. The van der Waals surface area contributed by atoms with Gasteiger partial charge in [-0.1, -0.05) is 18.2 Å². The lowest BCUT2D eigenvalue weighted by Gasteiger charge is -2.26. The van der Waals surface area contributed by atoms with Gasteiger partial charge in [-0.25, -0.2) is 0 Å². The summed E-state index contributed by atoms with van der Waals surface area (Å²) in [6.45, 7) is 5.62. The van der Waals surface area contributed by atoms with Gasteiger partial charge in [0.05, 0.1) is 25.4 Å². The van der Waals surface area contributed by atoms with Crippen molar-refractivity contribution >= 4 is 22.9 Å². The summed E-state index contributed by atoms with van der Waals surface area (Å²) in [5.41, 5.74) is 3.32. The predicted molar refractivity (Wildman–Crippen MR) is 115 cm³/mol. The molecule has 2 heterocycles. The quantitative estimate of drug-likeness (QED) is 0.530. The van der Waals surface area contributed by atoms with Crippen LogP contribution in [0, 0.1) is 0 Å². The van der Waals surface area contributed by atoms with Crippen molar-refractivity contribution in [1.82, 2.24) is 4.90 Å². The Morgan fingerprint density at radius 3 is 2.69 bits per heavy atom. The number of fused-ring (bicyclic) bond motifs is 1. The molecule has 2 aromatic carbocycles. The molecule has 0 unspecified atom stereocenters. The highest BCUT2D eigenvalue weighted by Crippen LogP contribution is 2.31. The molecular formula is C23H27N3O3. The Morgan fingerprint density at radius 1 is 1.07 bits per heavy atom. The van der Waals surface area contributed by atoms with E-state index < -0.39 is 0 Å². The summed E-state index contributed by atoms with van der Waals surface area (Å²) in [6, 6.07) is 15.5. The first-order chi connectivity index (χ1) is 14.3. The number of unbranched alkanes of at least 4 members (excludes halogenated alkanes) is 1. The highest BCUT2D eigenvalue weighted by atomic mass is 16.5. The van der Waals surface area contributed by atoms with E-state index in [2.05, 4.69) is 15.5 Å². The second kappa shape index (κ2) is 9.58. The summed E-state index contributed by atoms with van der Waals surface area (Å²) >= 11 is 0. The minimum Gasteiger partial charge on any atom is -0.494 e. The van der Waals surface area contributed by atoms with Crippen LogP contribution in [0.3, 0.4) is 0 Å². The lowest BCUT2D eigenvalue weighted by Crippen LogP contribution is -2.36. The second-order valence-electron chi connectivity index (χ2n) is 7.24. The zero-order valence-electron chi connectivity index (χ0n) is 16.5. The van der Waals surface area contributed by atoms with E-state index in [-0.39, 0.29) is 5.91 Å². The molecule has 0 aromatic heterocycles. The van der Waals surface area contributed by atoms with Crippen LogP contribution in [-0.4, -0.2) is 50.3 Å². The summed E-state index contributed by atoms with van der Waals surface area (Å²) in [7, 11) is 0. The number of hydrogen-bond acceptors (Lipinski definition) is 5. The number of rotatable bonds is 8. The molecule has 2 N–H and O–H groups in total. The van der Waals surface area contributed by atoms with Crippen LogP contribution in [0.25, 0.3) is 5.57 Å². The minimum atomic E-state index is -0.0873. The Bertz CT molecular complexity index is 858. The zero-order valence-corrected chi connectivity index (χ0v) is 16.5. The molecule has 29 heavy (non-hydrogen) atoms. The number of hydrogen-bond donors (Lipinski definition) is 2. The summed E-state index contributed by atoms with van der Waals surface area (Å²) in [5, 5.41) is 6.07. The third kappa shape index (κ3) is 5.16. The second-order valence-corrected chi connectivity index (χ2v) is 7.24. The Morgan fingerprint density at radius 2 is 1.86 bits per heavy atom. The lowest BCUT2D eigenvalue weighted by atomic mass is 10.1. The molecule has 0 atom stereocenters. The molecule has 0 radical (unpaired) electrons. The van der Waals surface area contributed by atoms with Crippen LogP contribution in [0.4, 0.5) is 11.4 Å². The van der Waals surface area contributed by atoms with Gasteiger partial charge in [0.2, 0.25) is 0 Å². The van der Waals surface area contributed by atoms with E-state index >= 15 is 0 Å². The topological polar surface area (TPSA) is 62.8 Å². The molecule has 0 bridgehead atoms. The van der Waals surface area contributed by atoms with Gasteiger partial charge in [0.1, 0.15) is 5.75 Å². The number of ether oxygens (including phenoxy) is 2. The van der Waals surface area contributed by atoms with Crippen molar-refractivity contribution < 1.29 is 14.3 Å². The molecule has 0 saturated carbocycles. The van der Waals surface area contributed by atoms with Crippen LogP contribution in [0.5, 0.6) is 5.75 Å². The van der Waals surface area contributed by atoms with Gasteiger partial charge >= 0.3 is 0 Å². The maximum absolute atomic E-state index is 12.1. The van der Waals surface area contributed by atoms with E-state index in [0.717, 1.165) is 75.0 Å². The van der Waals surface area contributed by atoms with Crippen LogP contribution in [0.2, 0.25) is 0 Å². The van der Waals surface area contributed by atoms with Gasteiger partial charge in [-0.15, -0.1) is 0 Å². The fourth-order valence-electron chi connectivity index (χ4n) is 3.54. The molecule has 1 amide bonds. The molecule has 0 spiro atoms. The predicted octanol–water partition coefficient (Wildman–Crippen LogP) is 3.58. The number of amides is 1. The SMILES string of the molecule is O=C1Nc2ccccc2/C1=C\Nc1ccc(OCCCCN2CCOCC2)cc1. The summed E-state index contributed by atoms with van der Waals surface area (Å²) in [4.78, 5) is 14.6. The number of para-hydroxylation sites is 1. The van der Waals surface area contributed by atoms with Gasteiger partial charge in [-0.2, -0.15) is 0 Å². The van der Waals surface area contributed by atoms with E-state index in [1.165, 1.54) is 0 Å². The van der Waals surface area contributed by atoms with Crippen molar-refractivity contribution in [3.05, 3.63) is 60.3 Å². The van der Waals surface area contributed by atoms with Gasteiger partial charge in [0, 0.05) is 36.2 Å². The van der Waals surface area contributed by atoms with Crippen molar-refractivity contribution in [2.75, 3.05) is 50.1 Å². The van der Waals surface area contributed by atoms with Crippen LogP contribution in [0.15, 0.2) is 54.7 Å². The molecule has 4 rings (SSSR count). The monoisotopic (exact) mass is 393 g/mol. The number of nitrogens with one attached hydrogen (secondary N) is 2. The van der Waals surface area contributed by atoms with Crippen LogP contribution >= 0.6 is 0 Å². The molecule has 1 fully saturated rings. The lowest BCUT2D eigenvalue weighted by molar-refractivity contribution is -0.110. The highest BCUT2D eigenvalue weighted by molar-refractivity contribution is 6.31. The smallest absolute Gasteiger partial charge is 0.257 e. The maximum Gasteiger partial charge on any atom is 0.257 e. The third-order valence-corrected chi connectivity index (χ3v) is 5.19. The molecule has 2 aliphatic rings. The van der Waals surface area contributed by atoms with Gasteiger partial charge in [-0.05, 0) is 49.7 Å². The van der Waals surface area contributed by atoms with Gasteiger partial charge in [-0.3, -0.25) is 9.69 Å². The largest absolute Gasteiger partial charge is 0.494 e. The Labute approximate surface area is 171 Å². The normalized spacial score (nSPS) is 17.8. The maximum atomic E-state index is 12.1. The first-order valence-electron chi connectivity index (χ1n) is 10.2. The summed E-state index contributed by atoms with van der Waals surface area (Å²) < 4.78 is 11.2. The number of anilines is 2. The molecular weight excluding hydrogens is 366 g/mol. The van der Waals surface area contributed by atoms with Crippen LogP contribution in [-0.2, 0) is 9.53 Å². The van der Waals surface area contributed by atoms with Crippen molar-refractivity contribution in [3.63, 3.8) is 0 Å². The third-order valence-electron chi connectivity index (χ3n) is 5.19. The molecule has 6 heteroatoms. The Hall–Kier alpha value is -2.83. The van der Waals surface area contributed by atoms with E-state index in [1.54, 1.807) is 6.20 Å². The fraction of sp³-hybridized carbons (Fsp3) is 0.348. The van der Waals surface area contributed by atoms with E-state index in [1.807, 2.05) is 48.5 Å². The van der Waals surface area contributed by atoms with E-state index in [4.69, 9.17) is 9.47 Å². The minimum absolute atomic E-state index is 0.0873. The molecule has 6 nitrogen and oxygen atoms in total. The number of carbonyl (C=O) groups is 1. The number of benzene rings is 2. The van der Waals surface area contributed by atoms with Crippen molar-refractivity contribution in [3.8, 4) is 5.75 Å². The molecule has 2 aliphatic heterocycles. The number of morpholine rings is 1. The van der Waals surface area contributed by atoms with E-state index in [0.29, 0.717) is 5.57 Å². The summed E-state index contributed by atoms with van der Waals surface area (Å²) in [6.07, 6.45) is 3.93. The summed E-state index contributed by atoms with van der Waals surface area (Å²) in [5.74, 6) is 0.772. The zero-order chi connectivity index (χ0) is 19.9. The van der Waals surface area contributed by atoms with Crippen LogP contribution in [0.1, 0.15) is 18.4 Å². The average Bonchev–Trinajstić information content (AvgIpc) is 3.08. The molecule has 152 valence electrons. The molecule has 1 saturated heterocycles. The average molecular weight is 393 g/mol.